The van der Waals surface area contributed by atoms with E-state index in [0.717, 1.165) is 17.5 Å². The third-order valence-electron chi connectivity index (χ3n) is 4.09. The van der Waals surface area contributed by atoms with E-state index in [9.17, 15) is 8.42 Å². The molecule has 5 heteroatoms. The Morgan fingerprint density at radius 3 is 2.27 bits per heavy atom. The summed E-state index contributed by atoms with van der Waals surface area (Å²) >= 11 is 6.04. The number of nitrogens with zero attached hydrogens (tertiary/aromatic N) is 1. The highest BCUT2D eigenvalue weighted by Crippen LogP contribution is 2.24. The second-order valence-corrected chi connectivity index (χ2v) is 8.00. The van der Waals surface area contributed by atoms with Crippen LogP contribution in [0.15, 0.2) is 47.4 Å². The Balaban J connectivity index is 1.86. The van der Waals surface area contributed by atoms with Gasteiger partial charge in [0, 0.05) is 18.1 Å². The number of fused-ring (bicyclic) bond motifs is 1. The molecule has 0 saturated heterocycles. The summed E-state index contributed by atoms with van der Waals surface area (Å²) in [4.78, 5) is 0.363. The fourth-order valence-corrected chi connectivity index (χ4v) is 4.41. The van der Waals surface area contributed by atoms with Gasteiger partial charge in [-0.3, -0.25) is 0 Å². The van der Waals surface area contributed by atoms with Crippen molar-refractivity contribution in [1.29, 1.82) is 0 Å². The molecule has 0 saturated carbocycles. The first-order valence-electron chi connectivity index (χ1n) is 7.31. The molecule has 0 spiro atoms. The van der Waals surface area contributed by atoms with Gasteiger partial charge in [-0.05, 0) is 55.2 Å². The van der Waals surface area contributed by atoms with Gasteiger partial charge >= 0.3 is 0 Å². The molecular formula is C17H18ClNO2S. The molecule has 3 nitrogen and oxygen atoms in total. The van der Waals surface area contributed by atoms with Gasteiger partial charge in [0.2, 0.25) is 10.0 Å². The highest BCUT2D eigenvalue weighted by molar-refractivity contribution is 7.89. The Bertz CT molecular complexity index is 785. The van der Waals surface area contributed by atoms with Crippen molar-refractivity contribution in [2.24, 2.45) is 0 Å². The molecule has 0 amide bonds. The zero-order chi connectivity index (χ0) is 15.7. The van der Waals surface area contributed by atoms with Crippen LogP contribution in [0.5, 0.6) is 0 Å². The number of sulfonamides is 1. The Morgan fingerprint density at radius 1 is 0.955 bits per heavy atom. The summed E-state index contributed by atoms with van der Waals surface area (Å²) < 4.78 is 27.1. The zero-order valence-corrected chi connectivity index (χ0v) is 14.0. The Hall–Kier alpha value is -1.36. The normalized spacial score (nSPS) is 16.1. The van der Waals surface area contributed by atoms with Crippen LogP contribution < -0.4 is 0 Å². The number of benzene rings is 2. The van der Waals surface area contributed by atoms with E-state index in [-0.39, 0.29) is 0 Å². The van der Waals surface area contributed by atoms with Crippen LogP contribution in [0.3, 0.4) is 0 Å². The maximum absolute atomic E-state index is 12.8. The lowest BCUT2D eigenvalue weighted by Crippen LogP contribution is -2.33. The van der Waals surface area contributed by atoms with Crippen LogP contribution in [0.1, 0.15) is 16.7 Å². The lowest BCUT2D eigenvalue weighted by Gasteiger charge is -2.20. The van der Waals surface area contributed by atoms with Crippen molar-refractivity contribution in [3.05, 3.63) is 64.2 Å². The van der Waals surface area contributed by atoms with Gasteiger partial charge in [-0.25, -0.2) is 8.42 Å². The lowest BCUT2D eigenvalue weighted by atomic mass is 10.0. The van der Waals surface area contributed by atoms with Crippen LogP contribution in [-0.4, -0.2) is 25.8 Å². The first-order valence-corrected chi connectivity index (χ1v) is 9.13. The highest BCUT2D eigenvalue weighted by Gasteiger charge is 2.26. The van der Waals surface area contributed by atoms with Crippen molar-refractivity contribution >= 4 is 21.6 Å². The summed E-state index contributed by atoms with van der Waals surface area (Å²) in [5, 5.41) is 0.702. The number of aryl methyl sites for hydroxylation is 1. The molecule has 1 aliphatic heterocycles. The molecule has 0 aromatic heterocycles. The van der Waals surface area contributed by atoms with Crippen LogP contribution in [0.2, 0.25) is 5.02 Å². The second-order valence-electron chi connectivity index (χ2n) is 5.63. The molecule has 22 heavy (non-hydrogen) atoms. The fourth-order valence-electron chi connectivity index (χ4n) is 2.77. The van der Waals surface area contributed by atoms with Gasteiger partial charge in [-0.2, -0.15) is 4.31 Å². The van der Waals surface area contributed by atoms with Crippen molar-refractivity contribution in [3.8, 4) is 0 Å². The summed E-state index contributed by atoms with van der Waals surface area (Å²) in [5.74, 6) is 0. The van der Waals surface area contributed by atoms with Crippen LogP contribution >= 0.6 is 11.6 Å². The van der Waals surface area contributed by atoms with Crippen LogP contribution in [0.25, 0.3) is 0 Å². The summed E-state index contributed by atoms with van der Waals surface area (Å²) in [6.07, 6.45) is 1.42. The van der Waals surface area contributed by atoms with Crippen molar-refractivity contribution < 1.29 is 8.42 Å². The molecule has 0 atom stereocenters. The molecular weight excluding hydrogens is 318 g/mol. The standard InChI is InChI=1S/C17H18ClNO2S/c1-13-2-6-17(7-3-13)22(20,21)19-10-8-14-4-5-16(18)12-15(14)9-11-19/h2-7,12H,8-11H2,1H3. The van der Waals surface area contributed by atoms with Gasteiger partial charge in [0.05, 0.1) is 4.90 Å². The minimum absolute atomic E-state index is 0.363. The number of hydrogen-bond donors (Lipinski definition) is 0. The molecule has 2 aromatic rings. The largest absolute Gasteiger partial charge is 0.243 e. The Labute approximate surface area is 136 Å². The van der Waals surface area contributed by atoms with E-state index in [1.165, 1.54) is 5.56 Å². The third-order valence-corrected chi connectivity index (χ3v) is 6.24. The molecule has 0 unspecified atom stereocenters. The van der Waals surface area contributed by atoms with E-state index in [2.05, 4.69) is 0 Å². The lowest BCUT2D eigenvalue weighted by molar-refractivity contribution is 0.426. The molecule has 3 rings (SSSR count). The molecule has 1 heterocycles. The molecule has 0 fully saturated rings. The Morgan fingerprint density at radius 2 is 1.59 bits per heavy atom. The van der Waals surface area contributed by atoms with Crippen LogP contribution in [-0.2, 0) is 22.9 Å². The second kappa shape index (κ2) is 6.03. The van der Waals surface area contributed by atoms with Gasteiger partial charge in [0.15, 0.2) is 0 Å². The molecule has 0 bridgehead atoms. The van der Waals surface area contributed by atoms with Gasteiger partial charge in [0.1, 0.15) is 0 Å². The third kappa shape index (κ3) is 3.05. The average Bonchev–Trinajstić information content (AvgIpc) is 2.70. The molecule has 0 radical (unpaired) electrons. The van der Waals surface area contributed by atoms with Crippen LogP contribution in [0.4, 0.5) is 0 Å². The van der Waals surface area contributed by atoms with Crippen molar-refractivity contribution in [2.45, 2.75) is 24.7 Å². The topological polar surface area (TPSA) is 37.4 Å². The van der Waals surface area contributed by atoms with Crippen LogP contribution in [0, 0.1) is 6.92 Å². The maximum atomic E-state index is 12.8. The van der Waals surface area contributed by atoms with Gasteiger partial charge in [-0.15, -0.1) is 0 Å². The first-order chi connectivity index (χ1) is 10.5. The SMILES string of the molecule is Cc1ccc(S(=O)(=O)N2CCc3ccc(Cl)cc3CC2)cc1. The van der Waals surface area contributed by atoms with Gasteiger partial charge in [0.25, 0.3) is 0 Å². The van der Waals surface area contributed by atoms with E-state index in [4.69, 9.17) is 11.6 Å². The molecule has 116 valence electrons. The molecule has 0 aliphatic carbocycles. The fraction of sp³-hybridized carbons (Fsp3) is 0.294. The van der Waals surface area contributed by atoms with E-state index in [0.29, 0.717) is 29.4 Å². The highest BCUT2D eigenvalue weighted by atomic mass is 35.5. The number of hydrogen-bond acceptors (Lipinski definition) is 2. The van der Waals surface area contributed by atoms with Gasteiger partial charge in [-0.1, -0.05) is 35.4 Å². The van der Waals surface area contributed by atoms with Crippen molar-refractivity contribution in [3.63, 3.8) is 0 Å². The van der Waals surface area contributed by atoms with E-state index < -0.39 is 10.0 Å². The van der Waals surface area contributed by atoms with Crippen molar-refractivity contribution in [2.75, 3.05) is 13.1 Å². The Kier molecular flexibility index (Phi) is 4.26. The summed E-state index contributed by atoms with van der Waals surface area (Å²) in [6.45, 7) is 2.94. The van der Waals surface area contributed by atoms with Gasteiger partial charge < -0.3 is 0 Å². The predicted octanol–water partition coefficient (Wildman–Crippen LogP) is 3.44. The minimum Gasteiger partial charge on any atom is -0.207 e. The molecule has 2 aromatic carbocycles. The van der Waals surface area contributed by atoms with E-state index in [1.807, 2.05) is 37.3 Å². The van der Waals surface area contributed by atoms with E-state index in [1.54, 1.807) is 16.4 Å². The minimum atomic E-state index is -3.43. The smallest absolute Gasteiger partial charge is 0.207 e. The first kappa shape index (κ1) is 15.5. The summed E-state index contributed by atoms with van der Waals surface area (Å²) in [7, 11) is -3.43. The molecule has 1 aliphatic rings. The summed E-state index contributed by atoms with van der Waals surface area (Å²) in [6, 6.07) is 12.8. The quantitative estimate of drug-likeness (QED) is 0.843. The maximum Gasteiger partial charge on any atom is 0.243 e. The number of rotatable bonds is 2. The van der Waals surface area contributed by atoms with E-state index >= 15 is 0 Å². The monoisotopic (exact) mass is 335 g/mol. The van der Waals surface area contributed by atoms with Crippen molar-refractivity contribution in [1.82, 2.24) is 4.31 Å². The summed E-state index contributed by atoms with van der Waals surface area (Å²) in [5.41, 5.74) is 3.39. The predicted molar refractivity (Wildman–Crippen MR) is 88.8 cm³/mol. The zero-order valence-electron chi connectivity index (χ0n) is 12.4. The average molecular weight is 336 g/mol. The number of halogens is 1. The molecule has 0 N–H and O–H groups in total.